The highest BCUT2D eigenvalue weighted by atomic mass is 16.5. The SMILES string of the molecule is COc1ccccc1[C@@H](C)NCc1cccc2cc[nH]c12. The lowest BCUT2D eigenvalue weighted by Crippen LogP contribution is -2.18. The summed E-state index contributed by atoms with van der Waals surface area (Å²) in [7, 11) is 1.71. The predicted molar refractivity (Wildman–Crippen MR) is 86.5 cm³/mol. The topological polar surface area (TPSA) is 37.0 Å². The average molecular weight is 280 g/mol. The zero-order chi connectivity index (χ0) is 14.7. The quantitative estimate of drug-likeness (QED) is 0.740. The first-order valence-electron chi connectivity index (χ1n) is 7.21. The molecule has 3 rings (SSSR count). The van der Waals surface area contributed by atoms with Crippen LogP contribution in [-0.2, 0) is 6.54 Å². The number of aromatic amines is 1. The van der Waals surface area contributed by atoms with Crippen LogP contribution < -0.4 is 10.1 Å². The highest BCUT2D eigenvalue weighted by molar-refractivity contribution is 5.82. The van der Waals surface area contributed by atoms with Crippen molar-refractivity contribution in [3.63, 3.8) is 0 Å². The number of para-hydroxylation sites is 2. The molecule has 1 atom stereocenters. The van der Waals surface area contributed by atoms with Crippen LogP contribution in [0.5, 0.6) is 5.75 Å². The molecule has 3 aromatic rings. The first kappa shape index (κ1) is 13.7. The molecular formula is C18H20N2O. The average Bonchev–Trinajstić information content (AvgIpc) is 3.01. The molecule has 0 fully saturated rings. The van der Waals surface area contributed by atoms with Gasteiger partial charge < -0.3 is 15.0 Å². The number of nitrogens with one attached hydrogen (secondary N) is 2. The molecule has 3 heteroatoms. The van der Waals surface area contributed by atoms with E-state index in [1.54, 1.807) is 7.11 Å². The van der Waals surface area contributed by atoms with Gasteiger partial charge in [-0.1, -0.05) is 36.4 Å². The van der Waals surface area contributed by atoms with Crippen LogP contribution in [0.15, 0.2) is 54.7 Å². The highest BCUT2D eigenvalue weighted by Crippen LogP contribution is 2.25. The molecule has 0 amide bonds. The fourth-order valence-corrected chi connectivity index (χ4v) is 2.69. The Kier molecular flexibility index (Phi) is 3.93. The summed E-state index contributed by atoms with van der Waals surface area (Å²) >= 11 is 0. The second-order valence-electron chi connectivity index (χ2n) is 5.20. The molecule has 108 valence electrons. The number of hydrogen-bond donors (Lipinski definition) is 2. The van der Waals surface area contributed by atoms with Crippen molar-refractivity contribution in [2.75, 3.05) is 7.11 Å². The van der Waals surface area contributed by atoms with Gasteiger partial charge in [0.1, 0.15) is 5.75 Å². The van der Waals surface area contributed by atoms with Crippen molar-refractivity contribution in [2.24, 2.45) is 0 Å². The van der Waals surface area contributed by atoms with E-state index in [9.17, 15) is 0 Å². The van der Waals surface area contributed by atoms with Crippen LogP contribution in [-0.4, -0.2) is 12.1 Å². The molecule has 0 radical (unpaired) electrons. The Bertz CT molecular complexity index is 733. The van der Waals surface area contributed by atoms with Gasteiger partial charge >= 0.3 is 0 Å². The maximum atomic E-state index is 5.43. The van der Waals surface area contributed by atoms with Gasteiger partial charge in [-0.3, -0.25) is 0 Å². The van der Waals surface area contributed by atoms with E-state index in [0.717, 1.165) is 12.3 Å². The molecular weight excluding hydrogens is 260 g/mol. The van der Waals surface area contributed by atoms with Gasteiger partial charge in [-0.25, -0.2) is 0 Å². The molecule has 21 heavy (non-hydrogen) atoms. The van der Waals surface area contributed by atoms with E-state index < -0.39 is 0 Å². The Hall–Kier alpha value is -2.26. The second-order valence-corrected chi connectivity index (χ2v) is 5.20. The molecule has 0 saturated heterocycles. The minimum absolute atomic E-state index is 0.228. The molecule has 0 bridgehead atoms. The lowest BCUT2D eigenvalue weighted by atomic mass is 10.1. The highest BCUT2D eigenvalue weighted by Gasteiger charge is 2.11. The molecule has 1 heterocycles. The van der Waals surface area contributed by atoms with Crippen molar-refractivity contribution in [3.05, 3.63) is 65.9 Å². The van der Waals surface area contributed by atoms with Gasteiger partial charge in [0.15, 0.2) is 0 Å². The summed E-state index contributed by atoms with van der Waals surface area (Å²) in [6.45, 7) is 2.98. The smallest absolute Gasteiger partial charge is 0.123 e. The lowest BCUT2D eigenvalue weighted by molar-refractivity contribution is 0.401. The van der Waals surface area contributed by atoms with Crippen LogP contribution >= 0.6 is 0 Å². The number of benzene rings is 2. The van der Waals surface area contributed by atoms with Crippen LogP contribution in [0.1, 0.15) is 24.1 Å². The molecule has 0 aliphatic rings. The third kappa shape index (κ3) is 2.78. The molecule has 0 unspecified atom stereocenters. The number of rotatable bonds is 5. The summed E-state index contributed by atoms with van der Waals surface area (Å²) < 4.78 is 5.43. The van der Waals surface area contributed by atoms with Gasteiger partial charge in [0.05, 0.1) is 7.11 Å². The van der Waals surface area contributed by atoms with Crippen molar-refractivity contribution in [1.29, 1.82) is 0 Å². The fraction of sp³-hybridized carbons (Fsp3) is 0.222. The van der Waals surface area contributed by atoms with Crippen LogP contribution in [0.3, 0.4) is 0 Å². The van der Waals surface area contributed by atoms with Crippen LogP contribution in [0.4, 0.5) is 0 Å². The molecule has 1 aromatic heterocycles. The van der Waals surface area contributed by atoms with Crippen molar-refractivity contribution in [2.45, 2.75) is 19.5 Å². The molecule has 0 saturated carbocycles. The van der Waals surface area contributed by atoms with E-state index in [2.05, 4.69) is 47.6 Å². The van der Waals surface area contributed by atoms with Gasteiger partial charge in [-0.05, 0) is 30.0 Å². The normalized spacial score (nSPS) is 12.5. The fourth-order valence-electron chi connectivity index (χ4n) is 2.69. The van der Waals surface area contributed by atoms with Crippen molar-refractivity contribution >= 4 is 10.9 Å². The Morgan fingerprint density at radius 1 is 1.10 bits per heavy atom. The van der Waals surface area contributed by atoms with E-state index in [1.807, 2.05) is 24.4 Å². The Morgan fingerprint density at radius 3 is 2.81 bits per heavy atom. The van der Waals surface area contributed by atoms with Gasteiger partial charge in [0.2, 0.25) is 0 Å². The van der Waals surface area contributed by atoms with E-state index >= 15 is 0 Å². The van der Waals surface area contributed by atoms with Crippen molar-refractivity contribution in [1.82, 2.24) is 10.3 Å². The van der Waals surface area contributed by atoms with Crippen molar-refractivity contribution < 1.29 is 4.74 Å². The van der Waals surface area contributed by atoms with Crippen LogP contribution in [0, 0.1) is 0 Å². The molecule has 3 nitrogen and oxygen atoms in total. The number of ether oxygens (including phenoxy) is 1. The maximum absolute atomic E-state index is 5.43. The first-order valence-corrected chi connectivity index (χ1v) is 7.21. The summed E-state index contributed by atoms with van der Waals surface area (Å²) in [5, 5.41) is 4.82. The van der Waals surface area contributed by atoms with E-state index in [4.69, 9.17) is 4.74 Å². The van der Waals surface area contributed by atoms with Gasteiger partial charge in [0, 0.05) is 29.9 Å². The Labute approximate surface area is 125 Å². The largest absolute Gasteiger partial charge is 0.496 e. The number of fused-ring (bicyclic) bond motifs is 1. The number of H-pyrrole nitrogens is 1. The van der Waals surface area contributed by atoms with Gasteiger partial charge in [-0.15, -0.1) is 0 Å². The Morgan fingerprint density at radius 2 is 1.95 bits per heavy atom. The molecule has 0 aliphatic heterocycles. The molecule has 0 aliphatic carbocycles. The molecule has 2 N–H and O–H groups in total. The maximum Gasteiger partial charge on any atom is 0.123 e. The first-order chi connectivity index (χ1) is 10.3. The van der Waals surface area contributed by atoms with Crippen LogP contribution in [0.25, 0.3) is 10.9 Å². The van der Waals surface area contributed by atoms with Crippen LogP contribution in [0.2, 0.25) is 0 Å². The molecule has 2 aromatic carbocycles. The lowest BCUT2D eigenvalue weighted by Gasteiger charge is -2.17. The van der Waals surface area contributed by atoms with E-state index in [0.29, 0.717) is 0 Å². The van der Waals surface area contributed by atoms with Crippen molar-refractivity contribution in [3.8, 4) is 5.75 Å². The third-order valence-electron chi connectivity index (χ3n) is 3.88. The number of aromatic nitrogens is 1. The predicted octanol–water partition coefficient (Wildman–Crippen LogP) is 4.03. The van der Waals surface area contributed by atoms with E-state index in [1.165, 1.54) is 22.0 Å². The summed E-state index contributed by atoms with van der Waals surface area (Å²) in [6.07, 6.45) is 1.98. The van der Waals surface area contributed by atoms with E-state index in [-0.39, 0.29) is 6.04 Å². The standard InChI is InChI=1S/C18H20N2O/c1-13(16-8-3-4-9-17(16)21-2)20-12-15-7-5-6-14-10-11-19-18(14)15/h3-11,13,19-20H,12H2,1-2H3/t13-/m1/s1. The van der Waals surface area contributed by atoms with Gasteiger partial charge in [-0.2, -0.15) is 0 Å². The summed E-state index contributed by atoms with van der Waals surface area (Å²) in [6, 6.07) is 16.8. The molecule has 0 spiro atoms. The number of methoxy groups -OCH3 is 1. The zero-order valence-corrected chi connectivity index (χ0v) is 12.4. The minimum Gasteiger partial charge on any atom is -0.496 e. The van der Waals surface area contributed by atoms with Gasteiger partial charge in [0.25, 0.3) is 0 Å². The third-order valence-corrected chi connectivity index (χ3v) is 3.88. The minimum atomic E-state index is 0.228. The summed E-state index contributed by atoms with van der Waals surface area (Å²) in [4.78, 5) is 3.31. The summed E-state index contributed by atoms with van der Waals surface area (Å²) in [5.74, 6) is 0.926. The summed E-state index contributed by atoms with van der Waals surface area (Å²) in [5.41, 5.74) is 3.66. The number of hydrogen-bond acceptors (Lipinski definition) is 2. The monoisotopic (exact) mass is 280 g/mol. The Balaban J connectivity index is 1.77. The zero-order valence-electron chi connectivity index (χ0n) is 12.4. The second kappa shape index (κ2) is 6.02.